The Kier molecular flexibility index (Phi) is 9.00. The first-order valence-electron chi connectivity index (χ1n) is 12.9. The normalized spacial score (nSPS) is 14.8. The highest BCUT2D eigenvalue weighted by Crippen LogP contribution is 2.27. The maximum atomic E-state index is 13.2. The maximum Gasteiger partial charge on any atom is 0.410 e. The molecule has 0 aliphatic carbocycles. The molecule has 1 fully saturated rings. The van der Waals surface area contributed by atoms with Crippen molar-refractivity contribution < 1.29 is 22.7 Å². The number of nitrogens with zero attached hydrogens (tertiary/aromatic N) is 3. The summed E-state index contributed by atoms with van der Waals surface area (Å²) < 4.78 is 37.1. The predicted octanol–water partition coefficient (Wildman–Crippen LogP) is 6.23. The largest absolute Gasteiger partial charge is 0.497 e. The third kappa shape index (κ3) is 7.51. The minimum absolute atomic E-state index is 0.242. The third-order valence-electron chi connectivity index (χ3n) is 6.30. The quantitative estimate of drug-likeness (QED) is 0.348. The fourth-order valence-electron chi connectivity index (χ4n) is 4.18. The van der Waals surface area contributed by atoms with Gasteiger partial charge in [-0.1, -0.05) is 23.8 Å². The van der Waals surface area contributed by atoms with Gasteiger partial charge < -0.3 is 19.7 Å². The van der Waals surface area contributed by atoms with Gasteiger partial charge in [0, 0.05) is 41.8 Å². The summed E-state index contributed by atoms with van der Waals surface area (Å²) in [5.74, 6) is 1.09. The van der Waals surface area contributed by atoms with Crippen LogP contribution in [0.1, 0.15) is 44.7 Å². The number of carbonyl (C=O) groups is 1. The molecule has 212 valence electrons. The number of benzene rings is 2. The molecule has 2 aromatic carbocycles. The summed E-state index contributed by atoms with van der Waals surface area (Å²) in [6.45, 7) is 6.10. The van der Waals surface area contributed by atoms with Gasteiger partial charge in [0.05, 0.1) is 17.3 Å². The maximum absolute atomic E-state index is 13.2. The number of methoxy groups -OCH3 is 1. The van der Waals surface area contributed by atoms with Crippen LogP contribution in [-0.4, -0.2) is 60.4 Å². The van der Waals surface area contributed by atoms with E-state index < -0.39 is 26.8 Å². The SMILES string of the molecule is COc1ccc(Cl)c(C=Cc2cnc(Nc3ccc(S(=O)(=O)C4CCN(C(=O)OC(C)(C)C)CC4)cc3)nc2)c1. The summed E-state index contributed by atoms with van der Waals surface area (Å²) in [6.07, 6.45) is 7.36. The van der Waals surface area contributed by atoms with Crippen LogP contribution in [0.4, 0.5) is 16.4 Å². The molecule has 0 bridgehead atoms. The zero-order valence-electron chi connectivity index (χ0n) is 22.9. The average Bonchev–Trinajstić information content (AvgIpc) is 2.93. The van der Waals surface area contributed by atoms with Gasteiger partial charge in [0.1, 0.15) is 11.4 Å². The van der Waals surface area contributed by atoms with Crippen LogP contribution in [0.25, 0.3) is 12.2 Å². The van der Waals surface area contributed by atoms with Gasteiger partial charge in [-0.25, -0.2) is 23.2 Å². The number of likely N-dealkylation sites (tertiary alicyclic amines) is 1. The molecule has 11 heteroatoms. The van der Waals surface area contributed by atoms with Crippen molar-refractivity contribution in [2.75, 3.05) is 25.5 Å². The Labute approximate surface area is 240 Å². The number of aromatic nitrogens is 2. The second-order valence-corrected chi connectivity index (χ2v) is 13.1. The van der Waals surface area contributed by atoms with Crippen LogP contribution in [0.5, 0.6) is 5.75 Å². The zero-order chi connectivity index (χ0) is 28.9. The molecule has 1 N–H and O–H groups in total. The Morgan fingerprint density at radius 2 is 1.70 bits per heavy atom. The van der Waals surface area contributed by atoms with Crippen LogP contribution in [0, 0.1) is 0 Å². The molecule has 0 unspecified atom stereocenters. The van der Waals surface area contributed by atoms with Crippen molar-refractivity contribution in [1.82, 2.24) is 14.9 Å². The Morgan fingerprint density at radius 3 is 2.30 bits per heavy atom. The van der Waals surface area contributed by atoms with E-state index in [0.29, 0.717) is 48.3 Å². The minimum atomic E-state index is -3.54. The van der Waals surface area contributed by atoms with Gasteiger partial charge in [0.2, 0.25) is 5.95 Å². The first-order chi connectivity index (χ1) is 18.9. The number of amides is 1. The van der Waals surface area contributed by atoms with Gasteiger partial charge in [-0.2, -0.15) is 0 Å². The van der Waals surface area contributed by atoms with E-state index in [9.17, 15) is 13.2 Å². The van der Waals surface area contributed by atoms with Crippen LogP contribution in [0.2, 0.25) is 5.02 Å². The van der Waals surface area contributed by atoms with Crippen LogP contribution >= 0.6 is 11.6 Å². The van der Waals surface area contributed by atoms with Crippen LogP contribution in [0.15, 0.2) is 59.8 Å². The molecule has 1 aliphatic rings. The van der Waals surface area contributed by atoms with Crippen molar-refractivity contribution in [1.29, 1.82) is 0 Å². The molecule has 1 amide bonds. The summed E-state index contributed by atoms with van der Waals surface area (Å²) in [6, 6.07) is 11.9. The van der Waals surface area contributed by atoms with Crippen molar-refractivity contribution in [3.8, 4) is 5.75 Å². The number of anilines is 2. The number of halogens is 1. The third-order valence-corrected chi connectivity index (χ3v) is 8.92. The number of ether oxygens (including phenoxy) is 2. The Balaban J connectivity index is 1.34. The van der Waals surface area contributed by atoms with Gasteiger partial charge in [0.25, 0.3) is 0 Å². The standard InChI is InChI=1S/C29H33ClN4O5S/c1-29(2,3)39-28(35)34-15-13-25(14-16-34)40(36,37)24-10-7-22(8-11-24)33-27-31-18-20(19-32-27)5-6-21-17-23(38-4)9-12-26(21)30/h5-12,17-19,25H,13-16H2,1-4H3,(H,31,32,33). The van der Waals surface area contributed by atoms with E-state index in [1.54, 1.807) is 81.6 Å². The fourth-order valence-corrected chi connectivity index (χ4v) is 6.09. The lowest BCUT2D eigenvalue weighted by molar-refractivity contribution is 0.0217. The van der Waals surface area contributed by atoms with Gasteiger partial charge >= 0.3 is 6.09 Å². The second kappa shape index (κ2) is 12.3. The molecule has 2 heterocycles. The number of hydrogen-bond donors (Lipinski definition) is 1. The molecule has 0 radical (unpaired) electrons. The lowest BCUT2D eigenvalue weighted by atomic mass is 10.1. The van der Waals surface area contributed by atoms with E-state index in [4.69, 9.17) is 21.1 Å². The molecule has 0 atom stereocenters. The van der Waals surface area contributed by atoms with Gasteiger partial charge in [-0.05, 0) is 81.6 Å². The van der Waals surface area contributed by atoms with Crippen molar-refractivity contribution in [3.63, 3.8) is 0 Å². The first kappa shape index (κ1) is 29.4. The lowest BCUT2D eigenvalue weighted by Gasteiger charge is -2.33. The van der Waals surface area contributed by atoms with E-state index in [1.807, 2.05) is 18.2 Å². The smallest absolute Gasteiger partial charge is 0.410 e. The topological polar surface area (TPSA) is 111 Å². The molecule has 3 aromatic rings. The predicted molar refractivity (Wildman–Crippen MR) is 157 cm³/mol. The highest BCUT2D eigenvalue weighted by molar-refractivity contribution is 7.92. The Bertz CT molecular complexity index is 1460. The van der Waals surface area contributed by atoms with Crippen molar-refractivity contribution >= 4 is 51.3 Å². The van der Waals surface area contributed by atoms with E-state index in [-0.39, 0.29) is 4.90 Å². The highest BCUT2D eigenvalue weighted by Gasteiger charge is 2.34. The number of piperidine rings is 1. The number of sulfone groups is 1. The van der Waals surface area contributed by atoms with E-state index in [0.717, 1.165) is 11.1 Å². The van der Waals surface area contributed by atoms with Crippen molar-refractivity contribution in [2.45, 2.75) is 49.4 Å². The summed E-state index contributed by atoms with van der Waals surface area (Å²) in [7, 11) is -1.94. The molecule has 1 aliphatic heterocycles. The monoisotopic (exact) mass is 584 g/mol. The van der Waals surface area contributed by atoms with E-state index in [2.05, 4.69) is 15.3 Å². The number of rotatable bonds is 7. The molecule has 0 spiro atoms. The number of hydrogen-bond acceptors (Lipinski definition) is 8. The van der Waals surface area contributed by atoms with Crippen molar-refractivity contribution in [2.24, 2.45) is 0 Å². The van der Waals surface area contributed by atoms with Gasteiger partial charge in [0.15, 0.2) is 9.84 Å². The number of nitrogens with one attached hydrogen (secondary N) is 1. The molecule has 4 rings (SSSR count). The minimum Gasteiger partial charge on any atom is -0.497 e. The molecule has 1 aromatic heterocycles. The molecule has 1 saturated heterocycles. The second-order valence-electron chi connectivity index (χ2n) is 10.4. The lowest BCUT2D eigenvalue weighted by Crippen LogP contribution is -2.44. The fraction of sp³-hybridized carbons (Fsp3) is 0.345. The summed E-state index contributed by atoms with van der Waals surface area (Å²) >= 11 is 6.25. The average molecular weight is 585 g/mol. The summed E-state index contributed by atoms with van der Waals surface area (Å²) in [5, 5.41) is 3.14. The Hall–Kier alpha value is -3.63. The van der Waals surface area contributed by atoms with Crippen LogP contribution in [-0.2, 0) is 14.6 Å². The Morgan fingerprint density at radius 1 is 1.05 bits per heavy atom. The molecular weight excluding hydrogens is 552 g/mol. The van der Waals surface area contributed by atoms with Gasteiger partial charge in [-0.3, -0.25) is 0 Å². The molecule has 9 nitrogen and oxygen atoms in total. The summed E-state index contributed by atoms with van der Waals surface area (Å²) in [4.78, 5) is 22.8. The van der Waals surface area contributed by atoms with E-state index in [1.165, 1.54) is 0 Å². The number of carbonyl (C=O) groups excluding carboxylic acids is 1. The molecule has 40 heavy (non-hydrogen) atoms. The van der Waals surface area contributed by atoms with Gasteiger partial charge in [-0.15, -0.1) is 0 Å². The zero-order valence-corrected chi connectivity index (χ0v) is 24.5. The van der Waals surface area contributed by atoms with Crippen LogP contribution < -0.4 is 10.1 Å². The first-order valence-corrected chi connectivity index (χ1v) is 14.8. The molecule has 0 saturated carbocycles. The van der Waals surface area contributed by atoms with Crippen LogP contribution in [0.3, 0.4) is 0 Å². The van der Waals surface area contributed by atoms with Crippen molar-refractivity contribution in [3.05, 3.63) is 71.0 Å². The van der Waals surface area contributed by atoms with E-state index >= 15 is 0 Å². The molecular formula is C29H33ClN4O5S. The summed E-state index contributed by atoms with van der Waals surface area (Å²) in [5.41, 5.74) is 1.66. The highest BCUT2D eigenvalue weighted by atomic mass is 35.5.